The van der Waals surface area contributed by atoms with Gasteiger partial charge in [-0.2, -0.15) is 0 Å². The number of hydrogen-bond acceptors (Lipinski definition) is 4. The first-order valence-electron chi connectivity index (χ1n) is 8.96. The third kappa shape index (κ3) is 4.64. The second kappa shape index (κ2) is 8.97. The second-order valence-corrected chi connectivity index (χ2v) is 6.51. The van der Waals surface area contributed by atoms with E-state index in [0.29, 0.717) is 0 Å². The van der Waals surface area contributed by atoms with Crippen LogP contribution in [0.1, 0.15) is 0 Å². The van der Waals surface area contributed by atoms with Crippen molar-refractivity contribution in [3.8, 4) is 11.3 Å². The maximum Gasteiger partial charge on any atom is 0.123 e. The highest BCUT2D eigenvalue weighted by Gasteiger charge is 2.17. The molecule has 1 saturated heterocycles. The molecule has 1 aromatic heterocycles. The van der Waals surface area contributed by atoms with Gasteiger partial charge in [0.1, 0.15) is 5.82 Å². The molecule has 2 aromatic carbocycles. The van der Waals surface area contributed by atoms with Gasteiger partial charge in [-0.25, -0.2) is 9.07 Å². The lowest BCUT2D eigenvalue weighted by Crippen LogP contribution is -2.47. The summed E-state index contributed by atoms with van der Waals surface area (Å²) in [6.07, 6.45) is 1.82. The van der Waals surface area contributed by atoms with Gasteiger partial charge in [-0.1, -0.05) is 35.5 Å². The quantitative estimate of drug-likeness (QED) is 0.673. The van der Waals surface area contributed by atoms with Gasteiger partial charge in [0.15, 0.2) is 0 Å². The van der Waals surface area contributed by atoms with Gasteiger partial charge in [0.05, 0.1) is 18.4 Å². The van der Waals surface area contributed by atoms with Crippen molar-refractivity contribution < 1.29 is 4.39 Å². The Kier molecular flexibility index (Phi) is 6.42. The zero-order valence-corrected chi connectivity index (χ0v) is 15.9. The maximum absolute atomic E-state index is 13.1. The van der Waals surface area contributed by atoms with Crippen LogP contribution in [-0.2, 0) is 6.54 Å². The lowest BCUT2D eigenvalue weighted by atomic mass is 10.2. The van der Waals surface area contributed by atoms with Crippen molar-refractivity contribution in [3.05, 3.63) is 66.6 Å². The summed E-state index contributed by atoms with van der Waals surface area (Å²) in [5, 5.41) is 8.32. The minimum atomic E-state index is -0.186. The average molecular weight is 388 g/mol. The molecule has 0 bridgehead atoms. The molecule has 1 aliphatic rings. The van der Waals surface area contributed by atoms with Gasteiger partial charge in [-0.15, -0.1) is 17.5 Å². The molecular weight excluding hydrogens is 365 g/mol. The summed E-state index contributed by atoms with van der Waals surface area (Å²) in [6.45, 7) is 5.66. The highest BCUT2D eigenvalue weighted by molar-refractivity contribution is 5.85. The number of nitrogens with zero attached hydrogens (tertiary/aromatic N) is 5. The Morgan fingerprint density at radius 1 is 0.852 bits per heavy atom. The zero-order chi connectivity index (χ0) is 17.8. The fourth-order valence-corrected chi connectivity index (χ4v) is 3.37. The molecule has 0 aliphatic carbocycles. The highest BCUT2D eigenvalue weighted by atomic mass is 35.5. The maximum atomic E-state index is 13.1. The van der Waals surface area contributed by atoms with E-state index in [1.54, 1.807) is 0 Å². The molecule has 2 heterocycles. The first-order valence-corrected chi connectivity index (χ1v) is 8.96. The molecule has 0 unspecified atom stereocenters. The van der Waals surface area contributed by atoms with Crippen molar-refractivity contribution in [2.45, 2.75) is 6.54 Å². The number of anilines is 1. The topological polar surface area (TPSA) is 37.2 Å². The molecule has 0 N–H and O–H groups in total. The van der Waals surface area contributed by atoms with Gasteiger partial charge in [-0.05, 0) is 24.3 Å². The van der Waals surface area contributed by atoms with Crippen molar-refractivity contribution in [2.75, 3.05) is 37.6 Å². The summed E-state index contributed by atoms with van der Waals surface area (Å²) < 4.78 is 15.0. The summed E-state index contributed by atoms with van der Waals surface area (Å²) in [6, 6.07) is 17.0. The summed E-state index contributed by atoms with van der Waals surface area (Å²) in [5.74, 6) is -0.186. The minimum Gasteiger partial charge on any atom is -0.369 e. The van der Waals surface area contributed by atoms with Gasteiger partial charge >= 0.3 is 0 Å². The molecule has 3 aromatic rings. The first kappa shape index (κ1) is 19.3. The molecule has 0 atom stereocenters. The van der Waals surface area contributed by atoms with Crippen LogP contribution in [0.3, 0.4) is 0 Å². The number of piperazine rings is 1. The number of benzene rings is 2. The van der Waals surface area contributed by atoms with Crippen molar-refractivity contribution >= 4 is 18.1 Å². The molecule has 0 spiro atoms. The predicted octanol–water partition coefficient (Wildman–Crippen LogP) is 3.33. The Labute approximate surface area is 164 Å². The van der Waals surface area contributed by atoms with E-state index in [1.165, 1.54) is 12.1 Å². The lowest BCUT2D eigenvalue weighted by Gasteiger charge is -2.36. The van der Waals surface area contributed by atoms with Crippen LogP contribution in [-0.4, -0.2) is 52.6 Å². The molecule has 5 nitrogen and oxygen atoms in total. The third-order valence-electron chi connectivity index (χ3n) is 4.88. The molecule has 0 saturated carbocycles. The van der Waals surface area contributed by atoms with Crippen LogP contribution in [0.5, 0.6) is 0 Å². The minimum absolute atomic E-state index is 0. The average Bonchev–Trinajstić information content (AvgIpc) is 3.17. The fraction of sp³-hybridized carbons (Fsp3) is 0.300. The highest BCUT2D eigenvalue weighted by Crippen LogP contribution is 2.18. The number of hydrogen-bond donors (Lipinski definition) is 0. The Morgan fingerprint density at radius 2 is 1.56 bits per heavy atom. The molecule has 1 fully saturated rings. The first-order chi connectivity index (χ1) is 12.8. The fourth-order valence-electron chi connectivity index (χ4n) is 3.37. The van der Waals surface area contributed by atoms with Crippen molar-refractivity contribution in [1.29, 1.82) is 0 Å². The Morgan fingerprint density at radius 3 is 2.26 bits per heavy atom. The second-order valence-electron chi connectivity index (χ2n) is 6.51. The van der Waals surface area contributed by atoms with Gasteiger partial charge in [0, 0.05) is 44.0 Å². The number of halogens is 2. The van der Waals surface area contributed by atoms with Crippen LogP contribution in [0.2, 0.25) is 0 Å². The number of rotatable bonds is 5. The van der Waals surface area contributed by atoms with Crippen LogP contribution < -0.4 is 4.90 Å². The third-order valence-corrected chi connectivity index (χ3v) is 4.88. The van der Waals surface area contributed by atoms with E-state index < -0.39 is 0 Å². The molecule has 0 amide bonds. The van der Waals surface area contributed by atoms with Crippen LogP contribution in [0.15, 0.2) is 60.8 Å². The lowest BCUT2D eigenvalue weighted by molar-refractivity contribution is 0.244. The van der Waals surface area contributed by atoms with Gasteiger partial charge in [0.2, 0.25) is 0 Å². The van der Waals surface area contributed by atoms with Gasteiger partial charge < -0.3 is 4.90 Å². The molecule has 0 radical (unpaired) electrons. The van der Waals surface area contributed by atoms with E-state index in [9.17, 15) is 4.39 Å². The molecular formula is C20H23ClFN5. The van der Waals surface area contributed by atoms with E-state index in [-0.39, 0.29) is 18.2 Å². The SMILES string of the molecule is Cl.Fc1ccc(N2CCN(CCn3nncc3-c3ccccc3)CC2)cc1. The summed E-state index contributed by atoms with van der Waals surface area (Å²) in [7, 11) is 0. The molecule has 4 rings (SSSR count). The summed E-state index contributed by atoms with van der Waals surface area (Å²) in [4.78, 5) is 4.75. The van der Waals surface area contributed by atoms with E-state index in [0.717, 1.165) is 56.2 Å². The van der Waals surface area contributed by atoms with Gasteiger partial charge in [-0.3, -0.25) is 4.90 Å². The largest absolute Gasteiger partial charge is 0.369 e. The molecule has 1 aliphatic heterocycles. The van der Waals surface area contributed by atoms with Crippen molar-refractivity contribution in [2.24, 2.45) is 0 Å². The van der Waals surface area contributed by atoms with Crippen LogP contribution in [0, 0.1) is 5.82 Å². The Hall–Kier alpha value is -2.44. The van der Waals surface area contributed by atoms with Crippen LogP contribution in [0.4, 0.5) is 10.1 Å². The zero-order valence-electron chi connectivity index (χ0n) is 15.0. The Balaban J connectivity index is 0.00000210. The van der Waals surface area contributed by atoms with Crippen molar-refractivity contribution in [3.63, 3.8) is 0 Å². The normalized spacial score (nSPS) is 14.8. The van der Waals surface area contributed by atoms with Crippen LogP contribution >= 0.6 is 12.4 Å². The van der Waals surface area contributed by atoms with E-state index in [1.807, 2.05) is 41.2 Å². The summed E-state index contributed by atoms with van der Waals surface area (Å²) in [5.41, 5.74) is 3.28. The smallest absolute Gasteiger partial charge is 0.123 e. The van der Waals surface area contributed by atoms with Crippen molar-refractivity contribution in [1.82, 2.24) is 19.9 Å². The van der Waals surface area contributed by atoms with E-state index in [2.05, 4.69) is 32.2 Å². The van der Waals surface area contributed by atoms with E-state index in [4.69, 9.17) is 0 Å². The molecule has 27 heavy (non-hydrogen) atoms. The standard InChI is InChI=1S/C20H22FN5.ClH/c21-18-6-8-19(9-7-18)25-13-10-24(11-14-25)12-15-26-20(16-22-23-26)17-4-2-1-3-5-17;/h1-9,16H,10-15H2;1H. The predicted molar refractivity (Wildman–Crippen MR) is 108 cm³/mol. The Bertz CT molecular complexity index is 829. The monoisotopic (exact) mass is 387 g/mol. The summed E-state index contributed by atoms with van der Waals surface area (Å²) >= 11 is 0. The number of aromatic nitrogens is 3. The van der Waals surface area contributed by atoms with E-state index >= 15 is 0 Å². The molecule has 7 heteroatoms. The van der Waals surface area contributed by atoms with Crippen LogP contribution in [0.25, 0.3) is 11.3 Å². The van der Waals surface area contributed by atoms with Gasteiger partial charge in [0.25, 0.3) is 0 Å². The molecule has 142 valence electrons.